The van der Waals surface area contributed by atoms with Crippen LogP contribution >= 0.6 is 0 Å². The molecule has 0 spiro atoms. The van der Waals surface area contributed by atoms with Gasteiger partial charge in [-0.25, -0.2) is 4.39 Å². The topological polar surface area (TPSA) is 42.2 Å². The van der Waals surface area contributed by atoms with Gasteiger partial charge in [0.05, 0.1) is 11.8 Å². The Morgan fingerprint density at radius 3 is 2.47 bits per heavy atom. The molecule has 0 radical (unpaired) electrons. The van der Waals surface area contributed by atoms with E-state index < -0.39 is 0 Å². The number of rotatable bonds is 3. The van der Waals surface area contributed by atoms with E-state index in [1.807, 2.05) is 0 Å². The molecule has 1 N–H and O–H groups in total. The van der Waals surface area contributed by atoms with Gasteiger partial charge in [0.2, 0.25) is 0 Å². The van der Waals surface area contributed by atoms with Crippen molar-refractivity contribution in [2.75, 3.05) is 0 Å². The molecule has 2 aromatic rings. The van der Waals surface area contributed by atoms with Crippen LogP contribution in [0.1, 0.15) is 35.4 Å². The average molecular weight is 259 g/mol. The molecule has 1 aliphatic rings. The first-order valence-corrected chi connectivity index (χ1v) is 6.32. The summed E-state index contributed by atoms with van der Waals surface area (Å²) >= 11 is 0. The van der Waals surface area contributed by atoms with Gasteiger partial charge in [-0.05, 0) is 49.1 Å². The lowest BCUT2D eigenvalue weighted by atomic mass is 9.71. The molecule has 0 unspecified atom stereocenters. The molecule has 1 fully saturated rings. The lowest BCUT2D eigenvalue weighted by Crippen LogP contribution is -2.50. The zero-order valence-electron chi connectivity index (χ0n) is 10.4. The van der Waals surface area contributed by atoms with Crippen molar-refractivity contribution in [3.05, 3.63) is 59.8 Å². The van der Waals surface area contributed by atoms with Gasteiger partial charge in [-0.1, -0.05) is 12.1 Å². The van der Waals surface area contributed by atoms with Crippen molar-refractivity contribution < 1.29 is 13.6 Å². The largest absolute Gasteiger partial charge is 0.459 e. The van der Waals surface area contributed by atoms with Crippen LogP contribution in [0.15, 0.2) is 47.1 Å². The lowest BCUT2D eigenvalue weighted by molar-refractivity contribution is 0.0794. The Labute approximate surface area is 110 Å². The molecule has 0 bridgehead atoms. The van der Waals surface area contributed by atoms with Gasteiger partial charge in [-0.2, -0.15) is 0 Å². The molecular weight excluding hydrogens is 245 g/mol. The number of amides is 1. The molecular formula is C15H14FNO2. The average Bonchev–Trinajstić information content (AvgIpc) is 2.89. The molecule has 4 heteroatoms. The van der Waals surface area contributed by atoms with E-state index in [1.54, 1.807) is 24.3 Å². The first kappa shape index (κ1) is 12.0. The summed E-state index contributed by atoms with van der Waals surface area (Å²) in [4.78, 5) is 12.1. The SMILES string of the molecule is O=C(NC1(c2ccc(F)cc2)CCC1)c1ccco1. The van der Waals surface area contributed by atoms with Gasteiger partial charge in [-0.15, -0.1) is 0 Å². The van der Waals surface area contributed by atoms with Crippen molar-refractivity contribution in [3.63, 3.8) is 0 Å². The van der Waals surface area contributed by atoms with E-state index in [4.69, 9.17) is 4.42 Å². The number of furan rings is 1. The van der Waals surface area contributed by atoms with Crippen molar-refractivity contribution >= 4 is 5.91 Å². The van der Waals surface area contributed by atoms with E-state index >= 15 is 0 Å². The summed E-state index contributed by atoms with van der Waals surface area (Å²) in [6, 6.07) is 9.63. The molecule has 3 rings (SSSR count). The van der Waals surface area contributed by atoms with Crippen LogP contribution in [-0.4, -0.2) is 5.91 Å². The smallest absolute Gasteiger partial charge is 0.287 e. The van der Waals surface area contributed by atoms with Crippen LogP contribution in [0, 0.1) is 5.82 Å². The van der Waals surface area contributed by atoms with Gasteiger partial charge in [0.25, 0.3) is 5.91 Å². The molecule has 1 aromatic carbocycles. The van der Waals surface area contributed by atoms with Crippen LogP contribution in [0.25, 0.3) is 0 Å². The second kappa shape index (κ2) is 4.53. The highest BCUT2D eigenvalue weighted by Crippen LogP contribution is 2.41. The third-order valence-electron chi connectivity index (χ3n) is 3.70. The monoisotopic (exact) mass is 259 g/mol. The Morgan fingerprint density at radius 1 is 1.21 bits per heavy atom. The molecule has 1 saturated carbocycles. The van der Waals surface area contributed by atoms with Crippen LogP contribution in [-0.2, 0) is 5.54 Å². The first-order valence-electron chi connectivity index (χ1n) is 6.32. The van der Waals surface area contributed by atoms with Gasteiger partial charge in [0.15, 0.2) is 5.76 Å². The second-order valence-electron chi connectivity index (χ2n) is 4.87. The highest BCUT2D eigenvalue weighted by Gasteiger charge is 2.40. The van der Waals surface area contributed by atoms with Crippen LogP contribution in [0.5, 0.6) is 0 Å². The van der Waals surface area contributed by atoms with Crippen molar-refractivity contribution in [1.29, 1.82) is 0 Å². The third-order valence-corrected chi connectivity index (χ3v) is 3.70. The highest BCUT2D eigenvalue weighted by molar-refractivity contribution is 5.92. The van der Waals surface area contributed by atoms with Crippen LogP contribution in [0.2, 0.25) is 0 Å². The summed E-state index contributed by atoms with van der Waals surface area (Å²) in [6.45, 7) is 0. The maximum absolute atomic E-state index is 13.0. The van der Waals surface area contributed by atoms with E-state index in [-0.39, 0.29) is 17.3 Å². The molecule has 1 aliphatic carbocycles. The summed E-state index contributed by atoms with van der Waals surface area (Å²) in [5.74, 6) is -0.196. The first-order chi connectivity index (χ1) is 9.20. The van der Waals surface area contributed by atoms with E-state index in [0.29, 0.717) is 5.76 Å². The Kier molecular flexibility index (Phi) is 2.85. The van der Waals surface area contributed by atoms with E-state index in [9.17, 15) is 9.18 Å². The summed E-state index contributed by atoms with van der Waals surface area (Å²) in [5, 5.41) is 3.01. The molecule has 0 atom stereocenters. The summed E-state index contributed by atoms with van der Waals surface area (Å²) in [5.41, 5.74) is 0.567. The third kappa shape index (κ3) is 2.14. The minimum Gasteiger partial charge on any atom is -0.459 e. The number of nitrogens with one attached hydrogen (secondary N) is 1. The van der Waals surface area contributed by atoms with Crippen molar-refractivity contribution in [2.24, 2.45) is 0 Å². The molecule has 1 amide bonds. The molecule has 19 heavy (non-hydrogen) atoms. The van der Waals surface area contributed by atoms with E-state index in [1.165, 1.54) is 18.4 Å². The molecule has 1 heterocycles. The molecule has 1 aromatic heterocycles. The highest BCUT2D eigenvalue weighted by atomic mass is 19.1. The van der Waals surface area contributed by atoms with Crippen LogP contribution in [0.3, 0.4) is 0 Å². The Balaban J connectivity index is 1.83. The van der Waals surface area contributed by atoms with E-state index in [0.717, 1.165) is 24.8 Å². The summed E-state index contributed by atoms with van der Waals surface area (Å²) in [7, 11) is 0. The fourth-order valence-electron chi connectivity index (χ4n) is 2.47. The van der Waals surface area contributed by atoms with Gasteiger partial charge < -0.3 is 9.73 Å². The van der Waals surface area contributed by atoms with Gasteiger partial charge in [-0.3, -0.25) is 4.79 Å². The molecule has 98 valence electrons. The molecule has 0 saturated heterocycles. The van der Waals surface area contributed by atoms with Crippen molar-refractivity contribution in [1.82, 2.24) is 5.32 Å². The Hall–Kier alpha value is -2.10. The maximum atomic E-state index is 13.0. The number of carbonyl (C=O) groups excluding carboxylic acids is 1. The second-order valence-corrected chi connectivity index (χ2v) is 4.87. The predicted octanol–water partition coefficient (Wildman–Crippen LogP) is 3.23. The van der Waals surface area contributed by atoms with Gasteiger partial charge in [0.1, 0.15) is 5.82 Å². The standard InChI is InChI=1S/C15H14FNO2/c16-12-6-4-11(5-7-12)15(8-2-9-15)17-14(18)13-3-1-10-19-13/h1,3-7,10H,2,8-9H2,(H,17,18). The number of halogens is 1. The van der Waals surface area contributed by atoms with Gasteiger partial charge >= 0.3 is 0 Å². The fraction of sp³-hybridized carbons (Fsp3) is 0.267. The fourth-order valence-corrected chi connectivity index (χ4v) is 2.47. The quantitative estimate of drug-likeness (QED) is 0.919. The zero-order valence-corrected chi connectivity index (χ0v) is 10.4. The Bertz CT molecular complexity index is 571. The summed E-state index contributed by atoms with van der Waals surface area (Å²) in [6.07, 6.45) is 4.26. The zero-order chi connectivity index (χ0) is 13.3. The predicted molar refractivity (Wildman–Crippen MR) is 68.1 cm³/mol. The minimum absolute atomic E-state index is 0.228. The van der Waals surface area contributed by atoms with E-state index in [2.05, 4.69) is 5.32 Å². The number of benzene rings is 1. The Morgan fingerprint density at radius 2 is 1.95 bits per heavy atom. The molecule has 3 nitrogen and oxygen atoms in total. The van der Waals surface area contributed by atoms with Crippen LogP contribution < -0.4 is 5.32 Å². The molecule has 0 aliphatic heterocycles. The summed E-state index contributed by atoms with van der Waals surface area (Å²) < 4.78 is 18.1. The number of carbonyl (C=O) groups is 1. The number of hydrogen-bond donors (Lipinski definition) is 1. The number of hydrogen-bond acceptors (Lipinski definition) is 2. The normalized spacial score (nSPS) is 16.7. The lowest BCUT2D eigenvalue weighted by Gasteiger charge is -2.42. The van der Waals surface area contributed by atoms with Crippen LogP contribution in [0.4, 0.5) is 4.39 Å². The van der Waals surface area contributed by atoms with Gasteiger partial charge in [0, 0.05) is 0 Å². The van der Waals surface area contributed by atoms with Crippen molar-refractivity contribution in [2.45, 2.75) is 24.8 Å². The van der Waals surface area contributed by atoms with Crippen molar-refractivity contribution in [3.8, 4) is 0 Å². The minimum atomic E-state index is -0.377. The maximum Gasteiger partial charge on any atom is 0.287 e.